The number of allylic oxidation sites excluding steroid dienone is 2. The third-order valence-electron chi connectivity index (χ3n) is 5.73. The van der Waals surface area contributed by atoms with Crippen molar-refractivity contribution in [2.24, 2.45) is 5.92 Å². The standard InChI is InChI=1S/C22H28ClNO3S/c1-5-22(3,26)21-14(2)24(13-15-7-6-8-15)20(28-21)12-18(25)17-11-16(23)9-10-19(17)27-4/h9-12,15,26H,5-8,13H2,1-4H3. The molecule has 1 aromatic rings. The van der Waals surface area contributed by atoms with E-state index in [0.29, 0.717) is 28.7 Å². The summed E-state index contributed by atoms with van der Waals surface area (Å²) in [6, 6.07) is 5.05. The number of carbonyl (C=O) groups is 1. The highest BCUT2D eigenvalue weighted by Gasteiger charge is 2.37. The van der Waals surface area contributed by atoms with E-state index in [0.717, 1.165) is 22.2 Å². The molecule has 0 amide bonds. The van der Waals surface area contributed by atoms with E-state index >= 15 is 0 Å². The summed E-state index contributed by atoms with van der Waals surface area (Å²) in [6.45, 7) is 6.73. The third-order valence-corrected chi connectivity index (χ3v) is 7.45. The number of carbonyl (C=O) groups excluding carboxylic acids is 1. The molecule has 28 heavy (non-hydrogen) atoms. The zero-order chi connectivity index (χ0) is 20.5. The van der Waals surface area contributed by atoms with Crippen molar-refractivity contribution in [3.05, 3.63) is 50.5 Å². The van der Waals surface area contributed by atoms with Crippen LogP contribution in [0.15, 0.2) is 39.9 Å². The van der Waals surface area contributed by atoms with Gasteiger partial charge in [-0.2, -0.15) is 0 Å². The molecule has 0 saturated heterocycles. The Morgan fingerprint density at radius 2 is 2.18 bits per heavy atom. The van der Waals surface area contributed by atoms with E-state index in [-0.39, 0.29) is 5.78 Å². The largest absolute Gasteiger partial charge is 0.496 e. The fourth-order valence-electron chi connectivity index (χ4n) is 3.51. The minimum absolute atomic E-state index is 0.148. The predicted molar refractivity (Wildman–Crippen MR) is 116 cm³/mol. The third kappa shape index (κ3) is 4.27. The van der Waals surface area contributed by atoms with Gasteiger partial charge in [-0.25, -0.2) is 0 Å². The topological polar surface area (TPSA) is 49.8 Å². The first-order chi connectivity index (χ1) is 13.3. The molecule has 0 bridgehead atoms. The number of ketones is 1. The molecule has 1 saturated carbocycles. The number of aliphatic hydroxyl groups is 1. The van der Waals surface area contributed by atoms with E-state index in [1.165, 1.54) is 31.0 Å². The number of methoxy groups -OCH3 is 1. The molecule has 1 N–H and O–H groups in total. The number of nitrogens with zero attached hydrogens (tertiary/aromatic N) is 1. The van der Waals surface area contributed by atoms with E-state index in [9.17, 15) is 9.90 Å². The Morgan fingerprint density at radius 1 is 1.46 bits per heavy atom. The van der Waals surface area contributed by atoms with Crippen LogP contribution in [0.2, 0.25) is 5.02 Å². The maximum Gasteiger partial charge on any atom is 0.192 e. The molecule has 0 aromatic heterocycles. The van der Waals surface area contributed by atoms with Gasteiger partial charge in [0, 0.05) is 28.2 Å². The monoisotopic (exact) mass is 421 g/mol. The van der Waals surface area contributed by atoms with Crippen LogP contribution in [0.5, 0.6) is 5.75 Å². The lowest BCUT2D eigenvalue weighted by Crippen LogP contribution is -2.30. The zero-order valence-corrected chi connectivity index (χ0v) is 18.5. The van der Waals surface area contributed by atoms with Crippen molar-refractivity contribution >= 4 is 29.1 Å². The summed E-state index contributed by atoms with van der Waals surface area (Å²) in [7, 11) is 1.54. The van der Waals surface area contributed by atoms with E-state index in [4.69, 9.17) is 16.3 Å². The molecule has 1 heterocycles. The first kappa shape index (κ1) is 21.3. The van der Waals surface area contributed by atoms with Crippen LogP contribution in [0.4, 0.5) is 0 Å². The van der Waals surface area contributed by atoms with E-state index < -0.39 is 5.60 Å². The SMILES string of the molecule is CCC(C)(O)C1=C(C)N(CC2CCC2)C(=CC(=O)c2cc(Cl)ccc2OC)S1. The smallest absolute Gasteiger partial charge is 0.192 e. The summed E-state index contributed by atoms with van der Waals surface area (Å²) in [5, 5.41) is 12.2. The van der Waals surface area contributed by atoms with Crippen LogP contribution < -0.4 is 4.74 Å². The summed E-state index contributed by atoms with van der Waals surface area (Å²) < 4.78 is 5.34. The lowest BCUT2D eigenvalue weighted by atomic mass is 9.85. The van der Waals surface area contributed by atoms with Crippen molar-refractivity contribution in [1.82, 2.24) is 4.90 Å². The van der Waals surface area contributed by atoms with Crippen LogP contribution in [-0.2, 0) is 0 Å². The van der Waals surface area contributed by atoms with Crippen LogP contribution >= 0.6 is 23.4 Å². The lowest BCUT2D eigenvalue weighted by Gasteiger charge is -2.32. The molecule has 1 aliphatic carbocycles. The number of thioether (sulfide) groups is 1. The number of halogens is 1. The van der Waals surface area contributed by atoms with Gasteiger partial charge in [0.05, 0.1) is 23.3 Å². The molecule has 6 heteroatoms. The maximum atomic E-state index is 13.0. The molecule has 1 aromatic carbocycles. The van der Waals surface area contributed by atoms with Crippen LogP contribution in [0.25, 0.3) is 0 Å². The zero-order valence-electron chi connectivity index (χ0n) is 16.9. The van der Waals surface area contributed by atoms with Gasteiger partial charge in [-0.15, -0.1) is 0 Å². The van der Waals surface area contributed by atoms with Crippen molar-refractivity contribution < 1.29 is 14.6 Å². The van der Waals surface area contributed by atoms with Gasteiger partial charge in [-0.1, -0.05) is 36.7 Å². The molecule has 4 nitrogen and oxygen atoms in total. The molecule has 1 atom stereocenters. The summed E-state index contributed by atoms with van der Waals surface area (Å²) in [5.41, 5.74) is 0.583. The number of benzene rings is 1. The minimum Gasteiger partial charge on any atom is -0.496 e. The lowest BCUT2D eigenvalue weighted by molar-refractivity contribution is 0.101. The summed E-state index contributed by atoms with van der Waals surface area (Å²) >= 11 is 7.60. The number of rotatable bonds is 7. The minimum atomic E-state index is -0.904. The highest BCUT2D eigenvalue weighted by atomic mass is 35.5. The van der Waals surface area contributed by atoms with Gasteiger partial charge < -0.3 is 14.7 Å². The maximum absolute atomic E-state index is 13.0. The highest BCUT2D eigenvalue weighted by molar-refractivity contribution is 8.07. The second-order valence-electron chi connectivity index (χ2n) is 7.74. The Kier molecular flexibility index (Phi) is 6.47. The van der Waals surface area contributed by atoms with Gasteiger partial charge in [-0.3, -0.25) is 4.79 Å². The number of ether oxygens (including phenoxy) is 1. The van der Waals surface area contributed by atoms with E-state index in [2.05, 4.69) is 4.90 Å². The van der Waals surface area contributed by atoms with Gasteiger partial charge in [0.1, 0.15) is 5.75 Å². The second kappa shape index (κ2) is 8.52. The van der Waals surface area contributed by atoms with Gasteiger partial charge in [-0.05, 0) is 57.2 Å². The Labute approximate surface area is 176 Å². The summed E-state index contributed by atoms with van der Waals surface area (Å²) in [6.07, 6.45) is 5.98. The first-order valence-electron chi connectivity index (χ1n) is 9.75. The molecular weight excluding hydrogens is 394 g/mol. The van der Waals surface area contributed by atoms with Crippen molar-refractivity contribution in [3.8, 4) is 5.75 Å². The Hall–Kier alpha value is -1.43. The Bertz CT molecular complexity index is 827. The van der Waals surface area contributed by atoms with E-state index in [1.807, 2.05) is 20.8 Å². The average molecular weight is 422 g/mol. The highest BCUT2D eigenvalue weighted by Crippen LogP contribution is 2.48. The van der Waals surface area contributed by atoms with Gasteiger partial charge in [0.15, 0.2) is 5.78 Å². The quantitative estimate of drug-likeness (QED) is 0.457. The van der Waals surface area contributed by atoms with E-state index in [1.54, 1.807) is 31.4 Å². The molecule has 1 fully saturated rings. The van der Waals surface area contributed by atoms with Crippen LogP contribution in [0, 0.1) is 5.92 Å². The van der Waals surface area contributed by atoms with Crippen molar-refractivity contribution in [2.75, 3.05) is 13.7 Å². The number of hydrogen-bond acceptors (Lipinski definition) is 5. The van der Waals surface area contributed by atoms with Gasteiger partial charge in [0.2, 0.25) is 0 Å². The van der Waals surface area contributed by atoms with Crippen LogP contribution in [-0.4, -0.2) is 35.0 Å². The molecule has 0 spiro atoms. The Morgan fingerprint density at radius 3 is 2.75 bits per heavy atom. The van der Waals surface area contributed by atoms with Crippen molar-refractivity contribution in [3.63, 3.8) is 0 Å². The van der Waals surface area contributed by atoms with Gasteiger partial charge >= 0.3 is 0 Å². The fourth-order valence-corrected chi connectivity index (χ4v) is 5.00. The van der Waals surface area contributed by atoms with Crippen molar-refractivity contribution in [2.45, 2.75) is 52.1 Å². The molecule has 3 rings (SSSR count). The second-order valence-corrected chi connectivity index (χ2v) is 9.21. The average Bonchev–Trinajstić information content (AvgIpc) is 2.94. The molecule has 152 valence electrons. The molecule has 2 aliphatic rings. The fraction of sp³-hybridized carbons (Fsp3) is 0.500. The molecular formula is C22H28ClNO3S. The van der Waals surface area contributed by atoms with Crippen LogP contribution in [0.1, 0.15) is 56.8 Å². The number of hydrogen-bond donors (Lipinski definition) is 1. The van der Waals surface area contributed by atoms with Crippen LogP contribution in [0.3, 0.4) is 0 Å². The Balaban J connectivity index is 1.94. The first-order valence-corrected chi connectivity index (χ1v) is 10.9. The normalized spacial score (nSPS) is 21.1. The molecule has 1 aliphatic heterocycles. The molecule has 1 unspecified atom stereocenters. The summed E-state index contributed by atoms with van der Waals surface area (Å²) in [4.78, 5) is 16.2. The van der Waals surface area contributed by atoms with Crippen molar-refractivity contribution in [1.29, 1.82) is 0 Å². The summed E-state index contributed by atoms with van der Waals surface area (Å²) in [5.74, 6) is 0.997. The predicted octanol–water partition coefficient (Wildman–Crippen LogP) is 5.61. The van der Waals surface area contributed by atoms with Gasteiger partial charge in [0.25, 0.3) is 0 Å². The molecule has 0 radical (unpaired) electrons.